The van der Waals surface area contributed by atoms with E-state index < -0.39 is 35.0 Å². The van der Waals surface area contributed by atoms with Crippen LogP contribution in [0.5, 0.6) is 5.75 Å². The summed E-state index contributed by atoms with van der Waals surface area (Å²) >= 11 is -0.693. The minimum absolute atomic E-state index is 0.0633. The molecule has 12 heteroatoms. The van der Waals surface area contributed by atoms with Crippen molar-refractivity contribution in [1.82, 2.24) is 25.1 Å². The number of rotatable bonds is 7. The number of ether oxygens (including phenoxy) is 1. The number of halogens is 2. The summed E-state index contributed by atoms with van der Waals surface area (Å²) in [5.41, 5.74) is 2.46. The molecule has 0 aliphatic carbocycles. The summed E-state index contributed by atoms with van der Waals surface area (Å²) in [5, 5.41) is 7.76. The molecule has 1 aliphatic heterocycles. The first-order valence-corrected chi connectivity index (χ1v) is 14.4. The number of amides is 1. The van der Waals surface area contributed by atoms with Crippen molar-refractivity contribution >= 4 is 46.5 Å². The number of hydrogen-bond acceptors (Lipinski definition) is 8. The van der Waals surface area contributed by atoms with Crippen molar-refractivity contribution in [3.05, 3.63) is 47.0 Å². The van der Waals surface area contributed by atoms with E-state index in [-0.39, 0.29) is 21.7 Å². The molecule has 0 atom stereocenters. The van der Waals surface area contributed by atoms with Crippen LogP contribution in [-0.2, 0) is 4.79 Å². The minimum atomic E-state index is -2.79. The zero-order valence-electron chi connectivity index (χ0n) is 18.0. The van der Waals surface area contributed by atoms with E-state index in [0.717, 1.165) is 6.42 Å². The van der Waals surface area contributed by atoms with E-state index in [2.05, 4.69) is 32.0 Å². The van der Waals surface area contributed by atoms with Crippen LogP contribution in [0.2, 0.25) is 0 Å². The molecule has 34 heavy (non-hydrogen) atoms. The van der Waals surface area contributed by atoms with E-state index in [0.29, 0.717) is 38.1 Å². The second kappa shape index (κ2) is 11.0. The fourth-order valence-corrected chi connectivity index (χ4v) is 7.71. The van der Waals surface area contributed by atoms with Gasteiger partial charge in [-0.1, -0.05) is 0 Å². The van der Waals surface area contributed by atoms with Gasteiger partial charge in [-0.3, -0.25) is 0 Å². The van der Waals surface area contributed by atoms with Gasteiger partial charge in [0.2, 0.25) is 0 Å². The third-order valence-corrected chi connectivity index (χ3v) is 10.2. The first kappa shape index (κ1) is 24.2. The molecule has 1 radical (unpaired) electrons. The van der Waals surface area contributed by atoms with Gasteiger partial charge in [0.1, 0.15) is 0 Å². The van der Waals surface area contributed by atoms with E-state index in [1.807, 2.05) is 0 Å². The molecule has 0 N–H and O–H groups in total. The molecule has 0 unspecified atom stereocenters. The number of hydrogen-bond donors (Lipinski definition) is 0. The van der Waals surface area contributed by atoms with Crippen LogP contribution in [0.3, 0.4) is 0 Å². The molecule has 171 valence electrons. The van der Waals surface area contributed by atoms with Crippen LogP contribution < -0.4 is 7.50 Å². The van der Waals surface area contributed by atoms with Crippen LogP contribution in [0.1, 0.15) is 41.0 Å². The Labute approximate surface area is 209 Å². The van der Waals surface area contributed by atoms with Gasteiger partial charge >= 0.3 is 210 Å². The van der Waals surface area contributed by atoms with Gasteiger partial charge in [0.05, 0.1) is 0 Å². The summed E-state index contributed by atoms with van der Waals surface area (Å²) in [6.07, 6.45) is 1.17. The molecule has 0 saturated carbocycles. The number of carbonyl (C=O) groups is 2. The summed E-state index contributed by atoms with van der Waals surface area (Å²) in [7, 11) is 1.40. The van der Waals surface area contributed by atoms with E-state index >= 15 is 0 Å². The molecule has 4 heterocycles. The molecule has 3 aromatic heterocycles. The SMILES string of the molecule is COc1cnc(C(F)F)cc1-c1cc(C#CCN2CCCC2=O)ncc1[C](=O)[In][c]1nncs1. The fraction of sp³-hybridized carbons (Fsp3) is 0.273. The van der Waals surface area contributed by atoms with E-state index in [9.17, 15) is 18.4 Å². The summed E-state index contributed by atoms with van der Waals surface area (Å²) in [5.74, 6) is 6.16. The number of methoxy groups -OCH3 is 1. The zero-order valence-corrected chi connectivity index (χ0v) is 22.1. The van der Waals surface area contributed by atoms with Gasteiger partial charge in [-0.15, -0.1) is 0 Å². The van der Waals surface area contributed by atoms with Gasteiger partial charge in [0, 0.05) is 0 Å². The Morgan fingerprint density at radius 3 is 2.82 bits per heavy atom. The number of alkyl halides is 2. The van der Waals surface area contributed by atoms with Crippen LogP contribution in [0.4, 0.5) is 8.78 Å². The standard InChI is InChI=1S/C20H16F2N3O3.C2HN2S.In/c1-28-18-11-24-17(20(21)22)9-16(18)15-8-14(23-10-13(15)12-26)4-2-6-25-7-3-5-19(25)27;1-3-4-2-5-1;/h8-11,20H,3,5-7H2,1H3;1H;. The van der Waals surface area contributed by atoms with E-state index in [1.54, 1.807) is 16.5 Å². The van der Waals surface area contributed by atoms with Crippen molar-refractivity contribution in [1.29, 1.82) is 0 Å². The van der Waals surface area contributed by atoms with Crippen LogP contribution in [0.15, 0.2) is 30.0 Å². The Kier molecular flexibility index (Phi) is 7.84. The van der Waals surface area contributed by atoms with Crippen LogP contribution in [0.25, 0.3) is 11.1 Å². The zero-order chi connectivity index (χ0) is 24.1. The molecule has 1 aliphatic rings. The van der Waals surface area contributed by atoms with Crippen molar-refractivity contribution in [3.63, 3.8) is 0 Å². The Morgan fingerprint density at radius 1 is 1.29 bits per heavy atom. The van der Waals surface area contributed by atoms with Crippen LogP contribution in [0, 0.1) is 11.8 Å². The van der Waals surface area contributed by atoms with Crippen molar-refractivity contribution < 1.29 is 23.1 Å². The van der Waals surface area contributed by atoms with Gasteiger partial charge in [0.15, 0.2) is 0 Å². The van der Waals surface area contributed by atoms with E-state index in [1.165, 1.54) is 36.9 Å². The summed E-state index contributed by atoms with van der Waals surface area (Å²) in [6, 6.07) is 2.80. The maximum absolute atomic E-state index is 13.4. The average molecular weight is 584 g/mol. The summed E-state index contributed by atoms with van der Waals surface area (Å²) < 4.78 is 32.7. The molecular weight excluding hydrogens is 567 g/mol. The molecule has 3 aromatic rings. The molecular formula is C22H17F2InN5O3S. The Bertz CT molecular complexity index is 1280. The third-order valence-electron chi connectivity index (χ3n) is 5.08. The maximum atomic E-state index is 13.4. The summed E-state index contributed by atoms with van der Waals surface area (Å²) in [4.78, 5) is 34.7. The van der Waals surface area contributed by atoms with Gasteiger partial charge in [-0.2, -0.15) is 0 Å². The van der Waals surface area contributed by atoms with Crippen molar-refractivity contribution in [2.45, 2.75) is 19.3 Å². The van der Waals surface area contributed by atoms with Gasteiger partial charge < -0.3 is 0 Å². The first-order chi connectivity index (χ1) is 16.5. The molecule has 1 fully saturated rings. The second-order valence-corrected chi connectivity index (χ2v) is 13.2. The topological polar surface area (TPSA) is 98.2 Å². The average Bonchev–Trinajstić information content (AvgIpc) is 3.50. The molecule has 0 aromatic carbocycles. The van der Waals surface area contributed by atoms with Crippen molar-refractivity contribution in [2.24, 2.45) is 0 Å². The number of carbonyl (C=O) groups excluding carboxylic acids is 2. The van der Waals surface area contributed by atoms with Crippen LogP contribution >= 0.6 is 11.3 Å². The Hall–Kier alpha value is -2.91. The Morgan fingerprint density at radius 2 is 2.15 bits per heavy atom. The van der Waals surface area contributed by atoms with Crippen LogP contribution in [-0.4, -0.2) is 77.6 Å². The second-order valence-electron chi connectivity index (χ2n) is 7.23. The molecule has 0 spiro atoms. The Balaban J connectivity index is 1.75. The monoisotopic (exact) mass is 584 g/mol. The predicted molar refractivity (Wildman–Crippen MR) is 121 cm³/mol. The number of aromatic nitrogens is 4. The first-order valence-electron chi connectivity index (χ1n) is 10.2. The quantitative estimate of drug-likeness (QED) is 0.393. The number of pyridine rings is 2. The van der Waals surface area contributed by atoms with Gasteiger partial charge in [0.25, 0.3) is 0 Å². The molecule has 4 rings (SSSR count). The van der Waals surface area contributed by atoms with Crippen molar-refractivity contribution in [3.8, 4) is 28.7 Å². The molecule has 1 saturated heterocycles. The molecule has 1 amide bonds. The molecule has 0 bridgehead atoms. The van der Waals surface area contributed by atoms with Crippen molar-refractivity contribution in [2.75, 3.05) is 20.2 Å². The number of likely N-dealkylation sites (tertiary alicyclic amines) is 1. The van der Waals surface area contributed by atoms with Gasteiger partial charge in [-0.05, 0) is 0 Å². The van der Waals surface area contributed by atoms with E-state index in [4.69, 9.17) is 4.74 Å². The summed E-state index contributed by atoms with van der Waals surface area (Å²) in [6.45, 7) is 0.944. The fourth-order valence-electron chi connectivity index (χ4n) is 3.43. The normalized spacial score (nSPS) is 13.1. The predicted octanol–water partition coefficient (Wildman–Crippen LogP) is 2.09. The number of nitrogens with zero attached hydrogens (tertiary/aromatic N) is 5. The molecule has 8 nitrogen and oxygen atoms in total. The van der Waals surface area contributed by atoms with Gasteiger partial charge in [-0.25, -0.2) is 0 Å². The third kappa shape index (κ3) is 5.59.